The zero-order valence-corrected chi connectivity index (χ0v) is 10.9. The lowest BCUT2D eigenvalue weighted by Crippen LogP contribution is -2.06. The molecule has 1 rings (SSSR count). The van der Waals surface area contributed by atoms with Gasteiger partial charge in [-0.3, -0.25) is 0 Å². The number of methoxy groups -OCH3 is 1. The highest BCUT2D eigenvalue weighted by Gasteiger charge is 2.26. The minimum Gasteiger partial charge on any atom is -0.495 e. The average Bonchev–Trinajstić information content (AvgIpc) is 2.13. The van der Waals surface area contributed by atoms with Crippen molar-refractivity contribution in [3.63, 3.8) is 0 Å². The molecular weight excluding hydrogens is 276 g/mol. The third-order valence-corrected chi connectivity index (χ3v) is 4.45. The van der Waals surface area contributed by atoms with E-state index in [1.165, 1.54) is 19.2 Å². The van der Waals surface area contributed by atoms with Gasteiger partial charge < -0.3 is 4.74 Å². The molecule has 0 N–H and O–H groups in total. The molecule has 16 heavy (non-hydrogen) atoms. The van der Waals surface area contributed by atoms with Crippen LogP contribution in [0, 0.1) is 0 Å². The summed E-state index contributed by atoms with van der Waals surface area (Å²) in [5, 5.41) is 0. The van der Waals surface area contributed by atoms with Gasteiger partial charge in [0.1, 0.15) is 10.6 Å². The molecule has 90 valence electrons. The van der Waals surface area contributed by atoms with E-state index in [4.69, 9.17) is 15.4 Å². The van der Waals surface area contributed by atoms with E-state index in [1.807, 2.05) is 0 Å². The molecule has 0 bridgehead atoms. The molecule has 0 amide bonds. The second-order valence-electron chi connectivity index (χ2n) is 3.00. The van der Waals surface area contributed by atoms with E-state index in [2.05, 4.69) is 0 Å². The highest BCUT2D eigenvalue weighted by Crippen LogP contribution is 2.32. The van der Waals surface area contributed by atoms with Gasteiger partial charge in [0.05, 0.1) is 12.0 Å². The summed E-state index contributed by atoms with van der Waals surface area (Å²) < 4.78 is 50.2. The first kappa shape index (κ1) is 13.3. The number of hydrogen-bond acceptors (Lipinski definition) is 5. The molecule has 0 saturated heterocycles. The van der Waals surface area contributed by atoms with E-state index in [1.54, 1.807) is 0 Å². The minimum atomic E-state index is -4.19. The van der Waals surface area contributed by atoms with Gasteiger partial charge in [0.15, 0.2) is 9.84 Å². The first-order chi connectivity index (χ1) is 7.18. The fourth-order valence-electron chi connectivity index (χ4n) is 1.19. The lowest BCUT2D eigenvalue weighted by Gasteiger charge is -2.09. The molecule has 0 fully saturated rings. The Morgan fingerprint density at radius 1 is 1.19 bits per heavy atom. The molecule has 5 nitrogen and oxygen atoms in total. The second-order valence-corrected chi connectivity index (χ2v) is 7.48. The van der Waals surface area contributed by atoms with Crippen LogP contribution in [0.25, 0.3) is 0 Å². The molecular formula is C8H9ClO5S2. The van der Waals surface area contributed by atoms with Gasteiger partial charge in [0.2, 0.25) is 0 Å². The summed E-state index contributed by atoms with van der Waals surface area (Å²) in [5.74, 6) is -0.0991. The molecule has 0 radical (unpaired) electrons. The van der Waals surface area contributed by atoms with E-state index in [0.29, 0.717) is 0 Å². The van der Waals surface area contributed by atoms with Crippen molar-refractivity contribution in [3.05, 3.63) is 18.2 Å². The maximum absolute atomic E-state index is 11.4. The Labute approximate surface area is 98.3 Å². The molecule has 0 aliphatic carbocycles. The summed E-state index contributed by atoms with van der Waals surface area (Å²) in [6.45, 7) is 0. The van der Waals surface area contributed by atoms with Crippen LogP contribution in [0.15, 0.2) is 28.0 Å². The SMILES string of the molecule is COc1cccc(S(C)(=O)=O)c1S(=O)(=O)Cl. The van der Waals surface area contributed by atoms with Crippen LogP contribution in [0.1, 0.15) is 0 Å². The summed E-state index contributed by atoms with van der Waals surface area (Å²) in [6.07, 6.45) is 0.896. The number of sulfone groups is 1. The summed E-state index contributed by atoms with van der Waals surface area (Å²) in [4.78, 5) is -0.900. The van der Waals surface area contributed by atoms with Crippen molar-refractivity contribution in [1.82, 2.24) is 0 Å². The molecule has 0 atom stereocenters. The zero-order valence-electron chi connectivity index (χ0n) is 8.47. The monoisotopic (exact) mass is 284 g/mol. The van der Waals surface area contributed by atoms with Crippen molar-refractivity contribution in [2.24, 2.45) is 0 Å². The number of benzene rings is 1. The van der Waals surface area contributed by atoms with Gasteiger partial charge in [-0.1, -0.05) is 6.07 Å². The standard InChI is InChI=1S/C8H9ClO5S2/c1-14-6-4-3-5-7(15(2,10)11)8(6)16(9,12)13/h3-5H,1-2H3. The molecule has 1 aromatic carbocycles. The number of ether oxygens (including phenoxy) is 1. The third-order valence-electron chi connectivity index (χ3n) is 1.81. The first-order valence-corrected chi connectivity index (χ1v) is 8.19. The van der Waals surface area contributed by atoms with Gasteiger partial charge in [0, 0.05) is 16.9 Å². The van der Waals surface area contributed by atoms with E-state index in [9.17, 15) is 16.8 Å². The second kappa shape index (κ2) is 4.23. The van der Waals surface area contributed by atoms with Crippen LogP contribution in [0.2, 0.25) is 0 Å². The van der Waals surface area contributed by atoms with Crippen molar-refractivity contribution in [3.8, 4) is 5.75 Å². The van der Waals surface area contributed by atoms with Gasteiger partial charge in [-0.15, -0.1) is 0 Å². The Morgan fingerprint density at radius 2 is 1.75 bits per heavy atom. The number of hydrogen-bond donors (Lipinski definition) is 0. The van der Waals surface area contributed by atoms with Crippen LogP contribution < -0.4 is 4.74 Å². The van der Waals surface area contributed by atoms with Crippen molar-refractivity contribution < 1.29 is 21.6 Å². The summed E-state index contributed by atoms with van der Waals surface area (Å²) in [5.41, 5.74) is 0. The fraction of sp³-hybridized carbons (Fsp3) is 0.250. The Kier molecular flexibility index (Phi) is 3.51. The fourth-order valence-corrected chi connectivity index (χ4v) is 4.05. The van der Waals surface area contributed by atoms with Crippen molar-refractivity contribution >= 4 is 29.6 Å². The van der Waals surface area contributed by atoms with E-state index >= 15 is 0 Å². The molecule has 0 aromatic heterocycles. The molecule has 0 aliphatic heterocycles. The highest BCUT2D eigenvalue weighted by molar-refractivity contribution is 8.14. The summed E-state index contributed by atoms with van der Waals surface area (Å²) in [7, 11) is -1.47. The van der Waals surface area contributed by atoms with Crippen LogP contribution >= 0.6 is 10.7 Å². The van der Waals surface area contributed by atoms with Crippen LogP contribution in [0.5, 0.6) is 5.75 Å². The van der Waals surface area contributed by atoms with Crippen molar-refractivity contribution in [2.45, 2.75) is 9.79 Å². The van der Waals surface area contributed by atoms with Gasteiger partial charge in [-0.25, -0.2) is 16.8 Å². The highest BCUT2D eigenvalue weighted by atomic mass is 35.7. The maximum atomic E-state index is 11.4. The Balaban J connectivity index is 3.79. The topological polar surface area (TPSA) is 77.5 Å². The lowest BCUT2D eigenvalue weighted by molar-refractivity contribution is 0.400. The predicted octanol–water partition coefficient (Wildman–Crippen LogP) is 1.03. The predicted molar refractivity (Wildman–Crippen MR) is 59.1 cm³/mol. The normalized spacial score (nSPS) is 12.4. The van der Waals surface area contributed by atoms with Crippen molar-refractivity contribution in [1.29, 1.82) is 0 Å². The van der Waals surface area contributed by atoms with Gasteiger partial charge in [-0.2, -0.15) is 0 Å². The number of rotatable bonds is 3. The molecule has 1 aromatic rings. The Morgan fingerprint density at radius 3 is 2.12 bits per heavy atom. The van der Waals surface area contributed by atoms with Gasteiger partial charge in [-0.05, 0) is 12.1 Å². The van der Waals surface area contributed by atoms with Crippen LogP contribution in [-0.2, 0) is 18.9 Å². The average molecular weight is 285 g/mol. The van der Waals surface area contributed by atoms with Crippen LogP contribution in [0.3, 0.4) is 0 Å². The molecule has 0 aliphatic rings. The minimum absolute atomic E-state index is 0.0991. The van der Waals surface area contributed by atoms with Gasteiger partial charge in [0.25, 0.3) is 9.05 Å². The molecule has 0 saturated carbocycles. The van der Waals surface area contributed by atoms with E-state index in [0.717, 1.165) is 12.3 Å². The lowest BCUT2D eigenvalue weighted by atomic mass is 10.3. The summed E-state index contributed by atoms with van der Waals surface area (Å²) >= 11 is 0. The zero-order chi connectivity index (χ0) is 12.6. The molecule has 0 spiro atoms. The quantitative estimate of drug-likeness (QED) is 0.775. The Bertz CT molecular complexity index is 603. The van der Waals surface area contributed by atoms with Gasteiger partial charge >= 0.3 is 0 Å². The van der Waals surface area contributed by atoms with E-state index in [-0.39, 0.29) is 10.6 Å². The Hall–Kier alpha value is -0.790. The number of halogens is 1. The largest absolute Gasteiger partial charge is 0.495 e. The summed E-state index contributed by atoms with van der Waals surface area (Å²) in [6, 6.07) is 3.86. The van der Waals surface area contributed by atoms with Crippen molar-refractivity contribution in [2.75, 3.05) is 13.4 Å². The third kappa shape index (κ3) is 2.66. The van der Waals surface area contributed by atoms with E-state index < -0.39 is 23.8 Å². The first-order valence-electron chi connectivity index (χ1n) is 3.99. The van der Waals surface area contributed by atoms with Crippen LogP contribution in [-0.4, -0.2) is 30.2 Å². The smallest absolute Gasteiger partial charge is 0.266 e. The molecule has 0 heterocycles. The van der Waals surface area contributed by atoms with Crippen LogP contribution in [0.4, 0.5) is 0 Å². The maximum Gasteiger partial charge on any atom is 0.266 e. The molecule has 0 unspecified atom stereocenters. The molecule has 8 heteroatoms.